The van der Waals surface area contributed by atoms with Gasteiger partial charge in [-0.25, -0.2) is 14.2 Å². The van der Waals surface area contributed by atoms with Crippen molar-refractivity contribution in [1.82, 2.24) is 20.1 Å². The Bertz CT molecular complexity index is 1740. The van der Waals surface area contributed by atoms with E-state index in [9.17, 15) is 14.0 Å². The largest absolute Gasteiger partial charge is 0.483 e. The van der Waals surface area contributed by atoms with Crippen molar-refractivity contribution < 1.29 is 18.1 Å². The molecule has 9 nitrogen and oxygen atoms in total. The first-order chi connectivity index (χ1) is 17.2. The molecule has 1 aromatic carbocycles. The molecular weight excluding hydrogens is 491 g/mol. The van der Waals surface area contributed by atoms with Gasteiger partial charge in [-0.2, -0.15) is 0 Å². The lowest BCUT2D eigenvalue weighted by Crippen LogP contribution is -2.12. The normalized spacial score (nSPS) is 12.1. The van der Waals surface area contributed by atoms with Crippen LogP contribution in [0.25, 0.3) is 33.8 Å². The van der Waals surface area contributed by atoms with E-state index in [1.54, 1.807) is 26.0 Å². The molecule has 4 heterocycles. The van der Waals surface area contributed by atoms with Crippen molar-refractivity contribution in [2.24, 2.45) is 0 Å². The number of benzene rings is 1. The summed E-state index contributed by atoms with van der Waals surface area (Å²) in [5, 5.41) is 4.18. The highest BCUT2D eigenvalue weighted by atomic mass is 35.5. The van der Waals surface area contributed by atoms with Gasteiger partial charge in [-0.3, -0.25) is 19.3 Å². The van der Waals surface area contributed by atoms with Gasteiger partial charge in [-0.05, 0) is 56.7 Å². The second-order valence-corrected chi connectivity index (χ2v) is 8.58. The SMILES string of the molecule is Cc1cc([C@@H](C)Oc2ccc(Cl)nc2-c2noc(=O)[nH]2)c2oc(-c3cncc(F)c3)c(C)c(=O)c2c1. The Labute approximate surface area is 207 Å². The van der Waals surface area contributed by atoms with Crippen LogP contribution < -0.4 is 15.9 Å². The zero-order chi connectivity index (χ0) is 25.6. The van der Waals surface area contributed by atoms with E-state index in [0.29, 0.717) is 27.7 Å². The molecule has 0 aliphatic carbocycles. The molecule has 36 heavy (non-hydrogen) atoms. The van der Waals surface area contributed by atoms with Crippen LogP contribution in [0.3, 0.4) is 0 Å². The molecule has 0 aliphatic heterocycles. The highest BCUT2D eigenvalue weighted by Crippen LogP contribution is 2.35. The lowest BCUT2D eigenvalue weighted by molar-refractivity contribution is 0.227. The molecule has 0 spiro atoms. The molecule has 1 N–H and O–H groups in total. The summed E-state index contributed by atoms with van der Waals surface area (Å²) >= 11 is 6.05. The molecule has 0 amide bonds. The Morgan fingerprint density at radius 3 is 2.67 bits per heavy atom. The van der Waals surface area contributed by atoms with Crippen LogP contribution in [0.2, 0.25) is 5.15 Å². The van der Waals surface area contributed by atoms with E-state index < -0.39 is 17.7 Å². The summed E-state index contributed by atoms with van der Waals surface area (Å²) in [5.41, 5.74) is 2.27. The predicted octanol–water partition coefficient (Wildman–Crippen LogP) is 5.14. The van der Waals surface area contributed by atoms with Gasteiger partial charge in [0.25, 0.3) is 0 Å². The second-order valence-electron chi connectivity index (χ2n) is 8.19. The molecule has 0 bridgehead atoms. The van der Waals surface area contributed by atoms with Crippen LogP contribution in [0.15, 0.2) is 61.3 Å². The quantitative estimate of drug-likeness (QED) is 0.323. The summed E-state index contributed by atoms with van der Waals surface area (Å²) in [7, 11) is 0. The first kappa shape index (κ1) is 23.4. The molecule has 0 aliphatic rings. The van der Waals surface area contributed by atoms with Crippen LogP contribution in [0.5, 0.6) is 5.75 Å². The van der Waals surface area contributed by atoms with E-state index in [2.05, 4.69) is 24.6 Å². The molecule has 1 atom stereocenters. The smallest absolute Gasteiger partial charge is 0.439 e. The molecular formula is C25H18ClFN4O5. The molecule has 5 aromatic rings. The number of pyridine rings is 2. The minimum atomic E-state index is -0.757. The van der Waals surface area contributed by atoms with Crippen molar-refractivity contribution in [3.8, 4) is 28.6 Å². The van der Waals surface area contributed by atoms with Gasteiger partial charge in [0.2, 0.25) is 5.82 Å². The highest BCUT2D eigenvalue weighted by molar-refractivity contribution is 6.29. The Hall–Kier alpha value is -4.31. The Kier molecular flexibility index (Phi) is 5.89. The molecule has 0 radical (unpaired) electrons. The van der Waals surface area contributed by atoms with Crippen LogP contribution in [0.4, 0.5) is 4.39 Å². The number of ether oxygens (including phenoxy) is 1. The number of nitrogens with one attached hydrogen (secondary N) is 1. The van der Waals surface area contributed by atoms with Crippen molar-refractivity contribution in [3.63, 3.8) is 0 Å². The number of halogens is 2. The summed E-state index contributed by atoms with van der Waals surface area (Å²) in [6, 6.07) is 7.92. The second kappa shape index (κ2) is 9.04. The molecule has 4 aromatic heterocycles. The van der Waals surface area contributed by atoms with Crippen molar-refractivity contribution in [2.45, 2.75) is 26.9 Å². The maximum atomic E-state index is 13.9. The summed E-state index contributed by atoms with van der Waals surface area (Å²) in [6.07, 6.45) is 1.85. The fraction of sp³-hybridized carbons (Fsp3) is 0.160. The van der Waals surface area contributed by atoms with Crippen LogP contribution in [0, 0.1) is 19.7 Å². The average molecular weight is 509 g/mol. The van der Waals surface area contributed by atoms with E-state index in [1.807, 2.05) is 13.0 Å². The van der Waals surface area contributed by atoms with Gasteiger partial charge in [-0.1, -0.05) is 16.8 Å². The fourth-order valence-electron chi connectivity index (χ4n) is 3.95. The number of rotatable bonds is 5. The number of fused-ring (bicyclic) bond motifs is 1. The van der Waals surface area contributed by atoms with Gasteiger partial charge in [0.15, 0.2) is 11.1 Å². The fourth-order valence-corrected chi connectivity index (χ4v) is 4.10. The third-order valence-corrected chi connectivity index (χ3v) is 5.80. The summed E-state index contributed by atoms with van der Waals surface area (Å²) in [5.74, 6) is -0.793. The number of aryl methyl sites for hydroxylation is 1. The molecule has 0 fully saturated rings. The van der Waals surface area contributed by atoms with Crippen molar-refractivity contribution in [1.29, 1.82) is 0 Å². The lowest BCUT2D eigenvalue weighted by Gasteiger charge is -2.19. The topological polar surface area (TPSA) is 124 Å². The van der Waals surface area contributed by atoms with Crippen LogP contribution in [0.1, 0.15) is 29.7 Å². The van der Waals surface area contributed by atoms with Gasteiger partial charge < -0.3 is 9.15 Å². The van der Waals surface area contributed by atoms with Gasteiger partial charge in [0.1, 0.15) is 34.2 Å². The van der Waals surface area contributed by atoms with Gasteiger partial charge in [0.05, 0.1) is 11.6 Å². The number of aromatic nitrogens is 4. The van der Waals surface area contributed by atoms with E-state index in [-0.39, 0.29) is 33.6 Å². The molecule has 0 saturated carbocycles. The summed E-state index contributed by atoms with van der Waals surface area (Å²) in [4.78, 5) is 35.2. The average Bonchev–Trinajstić information content (AvgIpc) is 3.28. The van der Waals surface area contributed by atoms with Crippen LogP contribution >= 0.6 is 11.6 Å². The Morgan fingerprint density at radius 2 is 1.94 bits per heavy atom. The zero-order valence-corrected chi connectivity index (χ0v) is 20.0. The third-order valence-electron chi connectivity index (χ3n) is 5.59. The minimum absolute atomic E-state index is 0.0434. The molecule has 5 rings (SSSR count). The third kappa shape index (κ3) is 4.27. The standard InChI is InChI=1S/C25H18ClFN4O5/c1-11-6-16(13(3)34-18-4-5-19(26)29-20(18)24-30-25(33)36-31-24)23-17(7-11)21(32)12(2)22(35-23)14-8-15(27)10-28-9-14/h4-10,13H,1-3H3,(H,30,31,33)/t13-/m1/s1. The first-order valence-corrected chi connectivity index (χ1v) is 11.2. The number of hydrogen-bond donors (Lipinski definition) is 1. The van der Waals surface area contributed by atoms with E-state index in [1.165, 1.54) is 18.3 Å². The maximum Gasteiger partial charge on any atom is 0.439 e. The Morgan fingerprint density at radius 1 is 1.14 bits per heavy atom. The zero-order valence-electron chi connectivity index (χ0n) is 19.3. The number of hydrogen-bond acceptors (Lipinski definition) is 8. The minimum Gasteiger partial charge on any atom is -0.483 e. The van der Waals surface area contributed by atoms with Gasteiger partial charge in [-0.15, -0.1) is 0 Å². The maximum absolute atomic E-state index is 13.9. The molecule has 0 saturated heterocycles. The van der Waals surface area contributed by atoms with Crippen LogP contribution in [-0.4, -0.2) is 20.1 Å². The molecule has 182 valence electrons. The van der Waals surface area contributed by atoms with E-state index >= 15 is 0 Å². The first-order valence-electron chi connectivity index (χ1n) is 10.8. The predicted molar refractivity (Wildman–Crippen MR) is 130 cm³/mol. The molecule has 0 unspecified atom stereocenters. The highest BCUT2D eigenvalue weighted by Gasteiger charge is 2.22. The van der Waals surface area contributed by atoms with Crippen molar-refractivity contribution in [2.75, 3.05) is 0 Å². The van der Waals surface area contributed by atoms with Crippen LogP contribution in [-0.2, 0) is 0 Å². The monoisotopic (exact) mass is 508 g/mol. The van der Waals surface area contributed by atoms with Gasteiger partial charge in [0, 0.05) is 22.9 Å². The lowest BCUT2D eigenvalue weighted by atomic mass is 10.00. The van der Waals surface area contributed by atoms with Crippen molar-refractivity contribution in [3.05, 3.63) is 91.2 Å². The summed E-state index contributed by atoms with van der Waals surface area (Å²) in [6.45, 7) is 5.24. The molecule has 11 heteroatoms. The van der Waals surface area contributed by atoms with E-state index in [0.717, 1.165) is 11.8 Å². The number of aromatic amines is 1. The number of nitrogens with zero attached hydrogens (tertiary/aromatic N) is 3. The van der Waals surface area contributed by atoms with E-state index in [4.69, 9.17) is 20.8 Å². The Balaban J connectivity index is 1.65. The number of H-pyrrole nitrogens is 1. The van der Waals surface area contributed by atoms with Crippen molar-refractivity contribution >= 4 is 22.6 Å². The van der Waals surface area contributed by atoms with Gasteiger partial charge >= 0.3 is 5.76 Å². The summed E-state index contributed by atoms with van der Waals surface area (Å²) < 4.78 is 30.8.